The van der Waals surface area contributed by atoms with Gasteiger partial charge in [0.15, 0.2) is 0 Å². The van der Waals surface area contributed by atoms with Crippen LogP contribution < -0.4 is 0 Å². The van der Waals surface area contributed by atoms with Gasteiger partial charge in [-0.25, -0.2) is 4.79 Å². The zero-order valence-corrected chi connectivity index (χ0v) is 11.2. The molecule has 0 aromatic heterocycles. The molecule has 1 aliphatic rings. The second-order valence-corrected chi connectivity index (χ2v) is 4.69. The molecular formula is C16H20O2. The normalized spacial score (nSPS) is 17.7. The van der Waals surface area contributed by atoms with Crippen molar-refractivity contribution in [3.63, 3.8) is 0 Å². The summed E-state index contributed by atoms with van der Waals surface area (Å²) in [4.78, 5) is 11.9. The molecule has 1 aromatic carbocycles. The largest absolute Gasteiger partial charge is 0.463 e. The van der Waals surface area contributed by atoms with E-state index in [0.29, 0.717) is 6.61 Å². The van der Waals surface area contributed by atoms with E-state index < -0.39 is 0 Å². The summed E-state index contributed by atoms with van der Waals surface area (Å²) in [5, 5.41) is 0. The molecule has 2 rings (SSSR count). The summed E-state index contributed by atoms with van der Waals surface area (Å²) in [7, 11) is 0. The highest BCUT2D eigenvalue weighted by atomic mass is 16.5. The predicted octanol–water partition coefficient (Wildman–Crippen LogP) is 3.75. The number of fused-ring (bicyclic) bond motifs is 1. The fourth-order valence-electron chi connectivity index (χ4n) is 2.54. The topological polar surface area (TPSA) is 26.3 Å². The number of ether oxygens (including phenoxy) is 1. The van der Waals surface area contributed by atoms with E-state index in [2.05, 4.69) is 18.2 Å². The summed E-state index contributed by atoms with van der Waals surface area (Å²) in [5.74, 6) is -0.177. The number of hydrogen-bond donors (Lipinski definition) is 0. The lowest BCUT2D eigenvalue weighted by atomic mass is 9.95. The van der Waals surface area contributed by atoms with Crippen molar-refractivity contribution in [2.24, 2.45) is 0 Å². The molecule has 0 aliphatic heterocycles. The molecule has 0 saturated carbocycles. The van der Waals surface area contributed by atoms with Gasteiger partial charge in [-0.15, -0.1) is 0 Å². The van der Waals surface area contributed by atoms with E-state index >= 15 is 0 Å². The van der Waals surface area contributed by atoms with E-state index in [1.807, 2.05) is 19.9 Å². The highest BCUT2D eigenvalue weighted by molar-refractivity contribution is 5.97. The van der Waals surface area contributed by atoms with Gasteiger partial charge in [-0.05, 0) is 56.2 Å². The monoisotopic (exact) mass is 244 g/mol. The van der Waals surface area contributed by atoms with E-state index in [9.17, 15) is 4.79 Å². The molecule has 96 valence electrons. The minimum atomic E-state index is -0.177. The smallest absolute Gasteiger partial charge is 0.333 e. The van der Waals surface area contributed by atoms with E-state index in [0.717, 1.165) is 24.8 Å². The Kier molecular flexibility index (Phi) is 4.19. The van der Waals surface area contributed by atoms with Gasteiger partial charge in [0, 0.05) is 5.57 Å². The molecule has 0 heterocycles. The fourth-order valence-corrected chi connectivity index (χ4v) is 2.54. The number of allylic oxidation sites excluding steroid dienone is 1. The van der Waals surface area contributed by atoms with E-state index in [1.54, 1.807) is 0 Å². The van der Waals surface area contributed by atoms with Crippen LogP contribution in [0.5, 0.6) is 0 Å². The Morgan fingerprint density at radius 2 is 1.94 bits per heavy atom. The van der Waals surface area contributed by atoms with Gasteiger partial charge >= 0.3 is 5.97 Å². The summed E-state index contributed by atoms with van der Waals surface area (Å²) in [5.41, 5.74) is 4.53. The summed E-state index contributed by atoms with van der Waals surface area (Å²) in [6, 6.07) is 8.40. The molecule has 2 heteroatoms. The molecule has 0 unspecified atom stereocenters. The SMILES string of the molecule is CCOC(=O)/C(C)=C1/CCCCc2ccccc21. The zero-order valence-electron chi connectivity index (χ0n) is 11.2. The average molecular weight is 244 g/mol. The molecule has 0 bridgehead atoms. The molecular weight excluding hydrogens is 224 g/mol. The Morgan fingerprint density at radius 3 is 2.72 bits per heavy atom. The maximum atomic E-state index is 11.9. The number of aryl methyl sites for hydroxylation is 1. The predicted molar refractivity (Wildman–Crippen MR) is 73.2 cm³/mol. The number of benzene rings is 1. The van der Waals surface area contributed by atoms with Crippen molar-refractivity contribution in [2.45, 2.75) is 39.5 Å². The third-order valence-corrected chi connectivity index (χ3v) is 3.50. The van der Waals surface area contributed by atoms with E-state index in [-0.39, 0.29) is 5.97 Å². The van der Waals surface area contributed by atoms with Crippen LogP contribution in [0.3, 0.4) is 0 Å². The standard InChI is InChI=1S/C16H20O2/c1-3-18-16(17)12(2)14-10-6-4-8-13-9-5-7-11-15(13)14/h5,7,9,11H,3-4,6,8,10H2,1-2H3/b14-12-. The van der Waals surface area contributed by atoms with Gasteiger partial charge in [0.2, 0.25) is 0 Å². The van der Waals surface area contributed by atoms with E-state index in [1.165, 1.54) is 23.1 Å². The maximum Gasteiger partial charge on any atom is 0.333 e. The Bertz CT molecular complexity index is 472. The quantitative estimate of drug-likeness (QED) is 0.450. The lowest BCUT2D eigenvalue weighted by Crippen LogP contribution is -2.08. The highest BCUT2D eigenvalue weighted by Crippen LogP contribution is 2.32. The zero-order chi connectivity index (χ0) is 13.0. The van der Waals surface area contributed by atoms with Gasteiger partial charge in [-0.1, -0.05) is 24.3 Å². The van der Waals surface area contributed by atoms with Crippen LogP contribution in [0.4, 0.5) is 0 Å². The van der Waals surface area contributed by atoms with Crippen molar-refractivity contribution >= 4 is 11.5 Å². The minimum Gasteiger partial charge on any atom is -0.463 e. The number of hydrogen-bond acceptors (Lipinski definition) is 2. The second-order valence-electron chi connectivity index (χ2n) is 4.69. The third-order valence-electron chi connectivity index (χ3n) is 3.50. The number of rotatable bonds is 2. The van der Waals surface area contributed by atoms with Gasteiger partial charge < -0.3 is 4.74 Å². The molecule has 2 nitrogen and oxygen atoms in total. The maximum absolute atomic E-state index is 11.9. The first-order chi connectivity index (χ1) is 8.74. The van der Waals surface area contributed by atoms with Crippen molar-refractivity contribution in [1.82, 2.24) is 0 Å². The highest BCUT2D eigenvalue weighted by Gasteiger charge is 2.18. The lowest BCUT2D eigenvalue weighted by Gasteiger charge is -2.12. The van der Waals surface area contributed by atoms with Crippen LogP contribution in [0, 0.1) is 0 Å². The first kappa shape index (κ1) is 12.9. The summed E-state index contributed by atoms with van der Waals surface area (Å²) >= 11 is 0. The number of carbonyl (C=O) groups excluding carboxylic acids is 1. The van der Waals surface area contributed by atoms with Gasteiger partial charge in [-0.2, -0.15) is 0 Å². The van der Waals surface area contributed by atoms with E-state index in [4.69, 9.17) is 4.74 Å². The molecule has 0 fully saturated rings. The molecule has 1 aromatic rings. The first-order valence-electron chi connectivity index (χ1n) is 6.69. The molecule has 0 N–H and O–H groups in total. The van der Waals surface area contributed by atoms with Gasteiger partial charge in [-0.3, -0.25) is 0 Å². The average Bonchev–Trinajstić information content (AvgIpc) is 2.60. The van der Waals surface area contributed by atoms with Crippen LogP contribution in [-0.4, -0.2) is 12.6 Å². The number of carbonyl (C=O) groups is 1. The third kappa shape index (κ3) is 2.63. The van der Waals surface area contributed by atoms with Crippen molar-refractivity contribution < 1.29 is 9.53 Å². The van der Waals surface area contributed by atoms with Crippen molar-refractivity contribution in [1.29, 1.82) is 0 Å². The summed E-state index contributed by atoms with van der Waals surface area (Å²) < 4.78 is 5.12. The van der Waals surface area contributed by atoms with Crippen molar-refractivity contribution in [3.8, 4) is 0 Å². The molecule has 1 aliphatic carbocycles. The molecule has 0 spiro atoms. The van der Waals surface area contributed by atoms with Crippen LogP contribution in [0.25, 0.3) is 5.57 Å². The Morgan fingerprint density at radius 1 is 1.22 bits per heavy atom. The molecule has 0 amide bonds. The van der Waals surface area contributed by atoms with Crippen LogP contribution >= 0.6 is 0 Å². The summed E-state index contributed by atoms with van der Waals surface area (Å²) in [6.07, 6.45) is 4.41. The van der Waals surface area contributed by atoms with Crippen molar-refractivity contribution in [2.75, 3.05) is 6.61 Å². The lowest BCUT2D eigenvalue weighted by molar-refractivity contribution is -0.138. The Hall–Kier alpha value is -1.57. The summed E-state index contributed by atoms with van der Waals surface area (Å²) in [6.45, 7) is 4.16. The molecule has 18 heavy (non-hydrogen) atoms. The van der Waals surface area contributed by atoms with Gasteiger partial charge in [0.05, 0.1) is 6.61 Å². The number of esters is 1. The van der Waals surface area contributed by atoms with Crippen LogP contribution in [-0.2, 0) is 16.0 Å². The molecule has 0 radical (unpaired) electrons. The van der Waals surface area contributed by atoms with Crippen LogP contribution in [0.1, 0.15) is 44.2 Å². The van der Waals surface area contributed by atoms with Crippen LogP contribution in [0.15, 0.2) is 29.8 Å². The van der Waals surface area contributed by atoms with Gasteiger partial charge in [0.25, 0.3) is 0 Å². The Balaban J connectivity index is 2.44. The van der Waals surface area contributed by atoms with Gasteiger partial charge in [0.1, 0.15) is 0 Å². The van der Waals surface area contributed by atoms with Crippen LogP contribution in [0.2, 0.25) is 0 Å². The molecule has 0 atom stereocenters. The Labute approximate surface area is 109 Å². The minimum absolute atomic E-state index is 0.177. The fraction of sp³-hybridized carbons (Fsp3) is 0.438. The molecule has 0 saturated heterocycles. The van der Waals surface area contributed by atoms with Crippen molar-refractivity contribution in [3.05, 3.63) is 41.0 Å². The second kappa shape index (κ2) is 5.85. The first-order valence-corrected chi connectivity index (χ1v) is 6.69.